The Bertz CT molecular complexity index is 817. The van der Waals surface area contributed by atoms with Crippen molar-refractivity contribution in [2.24, 2.45) is 45.3 Å². The number of carbonyl (C=O) groups is 1. The van der Waals surface area contributed by atoms with E-state index in [1.54, 1.807) is 13.8 Å². The topological polar surface area (TPSA) is 57.5 Å². The second-order valence-electron chi connectivity index (χ2n) is 14.6. The smallest absolute Gasteiger partial charge is 0.138 e. The molecule has 0 spiro atoms. The van der Waals surface area contributed by atoms with Crippen molar-refractivity contribution in [2.75, 3.05) is 0 Å². The highest BCUT2D eigenvalue weighted by Gasteiger charge is 2.69. The maximum absolute atomic E-state index is 12.9. The van der Waals surface area contributed by atoms with Crippen molar-refractivity contribution >= 4 is 5.78 Å². The van der Waals surface area contributed by atoms with Gasteiger partial charge in [0, 0.05) is 11.8 Å². The second kappa shape index (κ2) is 7.66. The fourth-order valence-corrected chi connectivity index (χ4v) is 10.0. The molecule has 0 aromatic carbocycles. The number of Topliss-reactive ketones (excluding diaryl/α,β-unsaturated/α-hetero) is 1. The summed E-state index contributed by atoms with van der Waals surface area (Å²) >= 11 is 0. The van der Waals surface area contributed by atoms with Crippen LogP contribution in [-0.4, -0.2) is 27.2 Å². The molecule has 0 aromatic rings. The quantitative estimate of drug-likeness (QED) is 0.460. The summed E-state index contributed by atoms with van der Waals surface area (Å²) in [6.07, 6.45) is 13.3. The molecule has 3 nitrogen and oxygen atoms in total. The SMILES string of the molecule is CC(C)(O)C=CCC(C)(O)C1CCC2(C)C1CCC1C3(C)CCC(=O)C(C)(C)C3CCC12C. The molecule has 4 saturated carbocycles. The third-order valence-corrected chi connectivity index (χ3v) is 12.0. The predicted octanol–water partition coefficient (Wildman–Crippen LogP) is 6.71. The summed E-state index contributed by atoms with van der Waals surface area (Å²) < 4.78 is 0. The van der Waals surface area contributed by atoms with E-state index in [2.05, 4.69) is 34.6 Å². The molecule has 4 fully saturated rings. The summed E-state index contributed by atoms with van der Waals surface area (Å²) in [5.41, 5.74) is -1.02. The van der Waals surface area contributed by atoms with Crippen LogP contribution in [0.2, 0.25) is 0 Å². The van der Waals surface area contributed by atoms with E-state index in [0.717, 1.165) is 19.3 Å². The van der Waals surface area contributed by atoms with Gasteiger partial charge in [-0.2, -0.15) is 0 Å². The van der Waals surface area contributed by atoms with E-state index in [-0.39, 0.29) is 21.7 Å². The summed E-state index contributed by atoms with van der Waals surface area (Å²) in [4.78, 5) is 12.9. The molecule has 8 atom stereocenters. The van der Waals surface area contributed by atoms with Gasteiger partial charge in [-0.1, -0.05) is 46.8 Å². The average Bonchev–Trinajstić information content (AvgIpc) is 3.03. The number of rotatable bonds is 4. The maximum atomic E-state index is 12.9. The van der Waals surface area contributed by atoms with Crippen molar-refractivity contribution in [3.05, 3.63) is 12.2 Å². The molecule has 0 amide bonds. The van der Waals surface area contributed by atoms with E-state index in [1.165, 1.54) is 32.1 Å². The minimum Gasteiger partial charge on any atom is -0.390 e. The van der Waals surface area contributed by atoms with Crippen LogP contribution < -0.4 is 0 Å². The molecule has 3 heteroatoms. The summed E-state index contributed by atoms with van der Waals surface area (Å²) in [5, 5.41) is 21.7. The summed E-state index contributed by atoms with van der Waals surface area (Å²) in [6, 6.07) is 0. The molecule has 0 bridgehead atoms. The maximum Gasteiger partial charge on any atom is 0.138 e. The van der Waals surface area contributed by atoms with E-state index in [4.69, 9.17) is 0 Å². The van der Waals surface area contributed by atoms with E-state index < -0.39 is 11.2 Å². The molecule has 4 rings (SSSR count). The van der Waals surface area contributed by atoms with Crippen LogP contribution >= 0.6 is 0 Å². The summed E-state index contributed by atoms with van der Waals surface area (Å²) in [7, 11) is 0. The van der Waals surface area contributed by atoms with E-state index >= 15 is 0 Å². The monoisotopic (exact) mass is 458 g/mol. The number of fused-ring (bicyclic) bond motifs is 5. The number of ketones is 1. The fourth-order valence-electron chi connectivity index (χ4n) is 10.0. The lowest BCUT2D eigenvalue weighted by Gasteiger charge is -2.69. The normalized spacial score (nSPS) is 47.0. The lowest BCUT2D eigenvalue weighted by Crippen LogP contribution is -2.63. The molecule has 188 valence electrons. The first-order valence-electron chi connectivity index (χ1n) is 13.6. The highest BCUT2D eigenvalue weighted by Crippen LogP contribution is 2.75. The van der Waals surface area contributed by atoms with Gasteiger partial charge in [0.25, 0.3) is 0 Å². The zero-order valence-electron chi connectivity index (χ0n) is 22.6. The summed E-state index contributed by atoms with van der Waals surface area (Å²) in [5.74, 6) is 2.49. The van der Waals surface area contributed by atoms with Gasteiger partial charge in [0.15, 0.2) is 0 Å². The van der Waals surface area contributed by atoms with Crippen molar-refractivity contribution in [1.82, 2.24) is 0 Å². The Morgan fingerprint density at radius 3 is 2.15 bits per heavy atom. The van der Waals surface area contributed by atoms with Crippen molar-refractivity contribution in [3.63, 3.8) is 0 Å². The molecular formula is C30H50O3. The average molecular weight is 459 g/mol. The Kier molecular flexibility index (Phi) is 5.90. The molecular weight excluding hydrogens is 408 g/mol. The van der Waals surface area contributed by atoms with Gasteiger partial charge < -0.3 is 10.2 Å². The molecule has 0 aromatic heterocycles. The molecule has 0 saturated heterocycles. The van der Waals surface area contributed by atoms with Gasteiger partial charge in [0.1, 0.15) is 5.78 Å². The first-order valence-corrected chi connectivity index (χ1v) is 13.6. The molecule has 0 aliphatic heterocycles. The zero-order chi connectivity index (χ0) is 24.7. The van der Waals surface area contributed by atoms with Gasteiger partial charge in [-0.15, -0.1) is 0 Å². The van der Waals surface area contributed by atoms with Crippen LogP contribution in [0.1, 0.15) is 113 Å². The number of carbonyl (C=O) groups excluding carboxylic acids is 1. The Morgan fingerprint density at radius 2 is 1.52 bits per heavy atom. The Morgan fingerprint density at radius 1 is 0.879 bits per heavy atom. The minimum atomic E-state index is -0.838. The van der Waals surface area contributed by atoms with Crippen molar-refractivity contribution in [1.29, 1.82) is 0 Å². The van der Waals surface area contributed by atoms with Crippen molar-refractivity contribution < 1.29 is 15.0 Å². The van der Waals surface area contributed by atoms with Crippen LogP contribution in [0.3, 0.4) is 0 Å². The first kappa shape index (κ1) is 25.4. The Balaban J connectivity index is 1.61. The lowest BCUT2D eigenvalue weighted by molar-refractivity contribution is -0.206. The van der Waals surface area contributed by atoms with Gasteiger partial charge in [0.2, 0.25) is 0 Å². The van der Waals surface area contributed by atoms with Crippen LogP contribution in [0, 0.1) is 45.3 Å². The van der Waals surface area contributed by atoms with Crippen LogP contribution in [0.5, 0.6) is 0 Å². The van der Waals surface area contributed by atoms with Crippen LogP contribution in [-0.2, 0) is 4.79 Å². The molecule has 4 aliphatic carbocycles. The van der Waals surface area contributed by atoms with E-state index in [0.29, 0.717) is 35.9 Å². The zero-order valence-corrected chi connectivity index (χ0v) is 22.6. The van der Waals surface area contributed by atoms with E-state index in [9.17, 15) is 15.0 Å². The van der Waals surface area contributed by atoms with Crippen LogP contribution in [0.15, 0.2) is 12.2 Å². The van der Waals surface area contributed by atoms with Gasteiger partial charge in [-0.25, -0.2) is 0 Å². The number of hydrogen-bond donors (Lipinski definition) is 2. The van der Waals surface area contributed by atoms with E-state index in [1.807, 2.05) is 19.1 Å². The first-order chi connectivity index (χ1) is 15.0. The van der Waals surface area contributed by atoms with Crippen LogP contribution in [0.4, 0.5) is 0 Å². The molecule has 33 heavy (non-hydrogen) atoms. The Hall–Kier alpha value is -0.670. The molecule has 0 heterocycles. The number of aliphatic hydroxyl groups is 2. The Labute approximate surface area is 202 Å². The highest BCUT2D eigenvalue weighted by atomic mass is 16.3. The second-order valence-corrected chi connectivity index (χ2v) is 14.6. The van der Waals surface area contributed by atoms with Crippen molar-refractivity contribution in [3.8, 4) is 0 Å². The van der Waals surface area contributed by atoms with Gasteiger partial charge >= 0.3 is 0 Å². The largest absolute Gasteiger partial charge is 0.390 e. The van der Waals surface area contributed by atoms with Crippen molar-refractivity contribution in [2.45, 2.75) is 124 Å². The van der Waals surface area contributed by atoms with Gasteiger partial charge in [-0.3, -0.25) is 4.79 Å². The molecule has 2 N–H and O–H groups in total. The number of hydrogen-bond acceptors (Lipinski definition) is 3. The predicted molar refractivity (Wildman–Crippen MR) is 135 cm³/mol. The lowest BCUT2D eigenvalue weighted by atomic mass is 9.35. The molecule has 0 radical (unpaired) electrons. The standard InChI is InChI=1S/C30H50O3/c1-25(2,32)15-9-16-30(8,33)21-12-18-28(6)20(21)10-11-23-27(5)17-14-24(31)26(3,4)22(27)13-19-29(23,28)7/h9,15,20-23,32-33H,10-14,16-19H2,1-8H3. The summed E-state index contributed by atoms with van der Waals surface area (Å²) in [6.45, 7) is 17.7. The molecule has 4 aliphatic rings. The van der Waals surface area contributed by atoms with Gasteiger partial charge in [0.05, 0.1) is 11.2 Å². The fraction of sp³-hybridized carbons (Fsp3) is 0.900. The third kappa shape index (κ3) is 3.70. The van der Waals surface area contributed by atoms with Crippen LogP contribution in [0.25, 0.3) is 0 Å². The third-order valence-electron chi connectivity index (χ3n) is 12.0. The van der Waals surface area contributed by atoms with Gasteiger partial charge in [-0.05, 0) is 112 Å². The minimum absolute atomic E-state index is 0.194. The highest BCUT2D eigenvalue weighted by molar-refractivity contribution is 5.85. The molecule has 8 unspecified atom stereocenters.